The van der Waals surface area contributed by atoms with Crippen LogP contribution in [0.2, 0.25) is 5.02 Å². The Morgan fingerprint density at radius 3 is 2.23 bits per heavy atom. The van der Waals surface area contributed by atoms with Gasteiger partial charge in [-0.15, -0.1) is 0 Å². The van der Waals surface area contributed by atoms with Crippen molar-refractivity contribution in [1.29, 1.82) is 0 Å². The number of nitrogens with one attached hydrogen (secondary N) is 1. The minimum Gasteiger partial charge on any atom is -0.508 e. The molecule has 0 aliphatic carbocycles. The lowest BCUT2D eigenvalue weighted by Gasteiger charge is -2.24. The zero-order chi connectivity index (χ0) is 31.1. The molecule has 9 heteroatoms. The van der Waals surface area contributed by atoms with Crippen molar-refractivity contribution in [3.05, 3.63) is 100 Å². The van der Waals surface area contributed by atoms with Crippen LogP contribution in [0.25, 0.3) is 0 Å². The summed E-state index contributed by atoms with van der Waals surface area (Å²) in [5.74, 6) is 2.08. The van der Waals surface area contributed by atoms with E-state index in [1.165, 1.54) is 0 Å². The number of ether oxygens (including phenoxy) is 2. The van der Waals surface area contributed by atoms with Crippen LogP contribution < -0.4 is 14.8 Å². The topological polar surface area (TPSA) is 106 Å². The fourth-order valence-corrected chi connectivity index (χ4v) is 5.82. The van der Waals surface area contributed by atoms with Gasteiger partial charge in [0, 0.05) is 35.4 Å². The van der Waals surface area contributed by atoms with Crippen LogP contribution in [-0.2, 0) is 17.8 Å². The minimum atomic E-state index is -0.273. The monoisotopic (exact) mass is 605 g/mol. The van der Waals surface area contributed by atoms with Crippen LogP contribution in [-0.4, -0.2) is 39.9 Å². The maximum atomic E-state index is 13.0. The highest BCUT2D eigenvalue weighted by Crippen LogP contribution is 2.39. The molecule has 0 saturated carbocycles. The summed E-state index contributed by atoms with van der Waals surface area (Å²) in [6.45, 7) is 6.31. The number of amides is 1. The molecular weight excluding hydrogens is 566 g/mol. The molecule has 0 spiro atoms. The van der Waals surface area contributed by atoms with Crippen molar-refractivity contribution in [3.8, 4) is 23.0 Å². The quantitative estimate of drug-likeness (QED) is 0.151. The van der Waals surface area contributed by atoms with Gasteiger partial charge in [-0.2, -0.15) is 0 Å². The van der Waals surface area contributed by atoms with Gasteiger partial charge in [0.25, 0.3) is 0 Å². The van der Waals surface area contributed by atoms with Crippen LogP contribution in [0, 0.1) is 5.92 Å². The molecule has 0 fully saturated rings. The first kappa shape index (κ1) is 31.8. The summed E-state index contributed by atoms with van der Waals surface area (Å²) in [4.78, 5) is 17.6. The van der Waals surface area contributed by atoms with Crippen molar-refractivity contribution in [2.24, 2.45) is 5.92 Å². The van der Waals surface area contributed by atoms with Gasteiger partial charge in [0.15, 0.2) is 11.5 Å². The van der Waals surface area contributed by atoms with Crippen molar-refractivity contribution in [3.63, 3.8) is 0 Å². The van der Waals surface area contributed by atoms with Crippen LogP contribution >= 0.6 is 11.6 Å². The highest BCUT2D eigenvalue weighted by molar-refractivity contribution is 6.33. The van der Waals surface area contributed by atoms with Crippen LogP contribution in [0.5, 0.6) is 23.0 Å². The number of aromatic nitrogens is 2. The molecule has 1 amide bonds. The second kappa shape index (κ2) is 14.3. The number of carbonyl (C=O) groups excluding carboxylic acids is 1. The van der Waals surface area contributed by atoms with Gasteiger partial charge in [0.1, 0.15) is 17.3 Å². The molecule has 0 aliphatic heterocycles. The molecule has 0 radical (unpaired) electrons. The number of hydrogen-bond acceptors (Lipinski definition) is 6. The Balaban J connectivity index is 1.47. The number of phenols is 2. The third-order valence-corrected chi connectivity index (χ3v) is 8.38. The van der Waals surface area contributed by atoms with E-state index < -0.39 is 0 Å². The molecule has 0 saturated heterocycles. The highest BCUT2D eigenvalue weighted by Gasteiger charge is 2.25. The smallest absolute Gasteiger partial charge is 0.220 e. The average molecular weight is 606 g/mol. The number of halogens is 1. The Morgan fingerprint density at radius 1 is 0.953 bits per heavy atom. The van der Waals surface area contributed by atoms with Crippen LogP contribution in [0.1, 0.15) is 73.8 Å². The van der Waals surface area contributed by atoms with Gasteiger partial charge in [-0.1, -0.05) is 67.9 Å². The first-order valence-electron chi connectivity index (χ1n) is 14.4. The number of aromatic hydroxyl groups is 2. The molecule has 3 N–H and O–H groups in total. The number of para-hydroxylation sites is 2. The van der Waals surface area contributed by atoms with Crippen molar-refractivity contribution in [2.45, 2.75) is 58.5 Å². The van der Waals surface area contributed by atoms with E-state index in [0.29, 0.717) is 41.6 Å². The maximum Gasteiger partial charge on any atom is 0.220 e. The largest absolute Gasteiger partial charge is 0.508 e. The lowest BCUT2D eigenvalue weighted by molar-refractivity contribution is -0.121. The number of hydrogen-bond donors (Lipinski definition) is 3. The molecule has 43 heavy (non-hydrogen) atoms. The standard InChI is InChI=1S/C34H40ClN3O5/c1-21(18-24-15-16-30(42-4)34(43-5)33(24)35)14-17-32(41)37-20-31-36-19-27(22(2)25-10-6-8-12-28(25)39)38(31)23(3)26-11-7-9-13-29(26)40/h6-13,15-16,19,21-23,39-40H,14,17-18,20H2,1-5H3,(H,37,41). The first-order chi connectivity index (χ1) is 20.7. The third kappa shape index (κ3) is 7.25. The van der Waals surface area contributed by atoms with E-state index in [1.807, 2.05) is 54.8 Å². The van der Waals surface area contributed by atoms with Crippen LogP contribution in [0.15, 0.2) is 66.9 Å². The summed E-state index contributed by atoms with van der Waals surface area (Å²) >= 11 is 6.56. The van der Waals surface area contributed by atoms with Crippen molar-refractivity contribution < 1.29 is 24.5 Å². The number of phenolic OH excluding ortho intramolecular Hbond substituents is 2. The minimum absolute atomic E-state index is 0.0784. The number of nitrogens with zero attached hydrogens (tertiary/aromatic N) is 2. The summed E-state index contributed by atoms with van der Waals surface area (Å²) in [6, 6.07) is 17.9. The van der Waals surface area contributed by atoms with Crippen molar-refractivity contribution in [2.75, 3.05) is 14.2 Å². The fraction of sp³-hybridized carbons (Fsp3) is 0.353. The molecule has 1 aromatic heterocycles. The Kier molecular flexibility index (Phi) is 10.6. The lowest BCUT2D eigenvalue weighted by atomic mass is 9.96. The number of methoxy groups -OCH3 is 2. The molecule has 3 unspecified atom stereocenters. The lowest BCUT2D eigenvalue weighted by Crippen LogP contribution is -2.26. The number of carbonyl (C=O) groups is 1. The second-order valence-electron chi connectivity index (χ2n) is 10.9. The van der Waals surface area contributed by atoms with Gasteiger partial charge in [-0.05, 0) is 49.4 Å². The van der Waals surface area contributed by atoms with E-state index >= 15 is 0 Å². The van der Waals surface area contributed by atoms with Crippen molar-refractivity contribution in [1.82, 2.24) is 14.9 Å². The van der Waals surface area contributed by atoms with Gasteiger partial charge in [-0.25, -0.2) is 4.98 Å². The first-order valence-corrected chi connectivity index (χ1v) is 14.8. The van der Waals surface area contributed by atoms with E-state index in [4.69, 9.17) is 21.1 Å². The van der Waals surface area contributed by atoms with E-state index in [2.05, 4.69) is 17.2 Å². The van der Waals surface area contributed by atoms with Gasteiger partial charge in [0.2, 0.25) is 5.91 Å². The molecule has 4 rings (SSSR count). The van der Waals surface area contributed by atoms with Gasteiger partial charge in [-0.3, -0.25) is 4.79 Å². The molecule has 8 nitrogen and oxygen atoms in total. The Morgan fingerprint density at radius 2 is 1.60 bits per heavy atom. The number of benzene rings is 3. The van der Waals surface area contributed by atoms with E-state index in [1.54, 1.807) is 44.7 Å². The summed E-state index contributed by atoms with van der Waals surface area (Å²) < 4.78 is 12.8. The molecule has 3 atom stereocenters. The summed E-state index contributed by atoms with van der Waals surface area (Å²) in [7, 11) is 3.13. The molecule has 4 aromatic rings. The normalized spacial score (nSPS) is 13.3. The van der Waals surface area contributed by atoms with E-state index in [-0.39, 0.29) is 41.8 Å². The Labute approximate surface area is 258 Å². The van der Waals surface area contributed by atoms with Crippen LogP contribution in [0.3, 0.4) is 0 Å². The van der Waals surface area contributed by atoms with E-state index in [0.717, 1.165) is 22.4 Å². The fourth-order valence-electron chi connectivity index (χ4n) is 5.51. The second-order valence-corrected chi connectivity index (χ2v) is 11.3. The summed E-state index contributed by atoms with van der Waals surface area (Å²) in [5.41, 5.74) is 3.31. The molecular formula is C34H40ClN3O5. The average Bonchev–Trinajstić information content (AvgIpc) is 3.43. The molecule has 0 bridgehead atoms. The van der Waals surface area contributed by atoms with Crippen molar-refractivity contribution >= 4 is 17.5 Å². The molecule has 1 heterocycles. The number of rotatable bonds is 13. The van der Waals surface area contributed by atoms with Gasteiger partial charge in [0.05, 0.1) is 31.8 Å². The highest BCUT2D eigenvalue weighted by atomic mass is 35.5. The predicted octanol–water partition coefficient (Wildman–Crippen LogP) is 7.00. The third-order valence-electron chi connectivity index (χ3n) is 7.96. The Hall–Kier alpha value is -4.17. The molecule has 0 aliphatic rings. The maximum absolute atomic E-state index is 13.0. The summed E-state index contributed by atoms with van der Waals surface area (Å²) in [5, 5.41) is 24.7. The zero-order valence-electron chi connectivity index (χ0n) is 25.3. The predicted molar refractivity (Wildman–Crippen MR) is 168 cm³/mol. The van der Waals surface area contributed by atoms with Gasteiger partial charge < -0.3 is 29.6 Å². The SMILES string of the molecule is COc1ccc(CC(C)CCC(=O)NCc2ncc(C(C)c3ccccc3O)n2C(C)c2ccccc2O)c(Cl)c1OC. The van der Waals surface area contributed by atoms with Gasteiger partial charge >= 0.3 is 0 Å². The zero-order valence-corrected chi connectivity index (χ0v) is 26.1. The van der Waals surface area contributed by atoms with E-state index in [9.17, 15) is 15.0 Å². The molecule has 228 valence electrons. The molecule has 3 aromatic carbocycles. The number of imidazole rings is 1. The summed E-state index contributed by atoms with van der Waals surface area (Å²) in [6.07, 6.45) is 3.50. The Bertz CT molecular complexity index is 1550. The van der Waals surface area contributed by atoms with Crippen LogP contribution in [0.4, 0.5) is 0 Å².